The largest absolute Gasteiger partial charge is 0.339 e. The standard InChI is InChI=1S/C18H16ClN3O2/c19-15-10-5-4-9-14(15)18-21-17(24-22-18)12-6-11-16(23)20-13-7-2-1-3-8-13/h1-5,7-10H,6,11-12H2,(H,20,23). The molecular weight excluding hydrogens is 326 g/mol. The summed E-state index contributed by atoms with van der Waals surface area (Å²) in [4.78, 5) is 16.2. The van der Waals surface area contributed by atoms with Crippen LogP contribution in [-0.4, -0.2) is 16.0 Å². The number of hydrogen-bond acceptors (Lipinski definition) is 4. The number of nitrogens with one attached hydrogen (secondary N) is 1. The Hall–Kier alpha value is -2.66. The van der Waals surface area contributed by atoms with Crippen LogP contribution < -0.4 is 5.32 Å². The Morgan fingerprint density at radius 2 is 1.83 bits per heavy atom. The normalized spacial score (nSPS) is 10.5. The lowest BCUT2D eigenvalue weighted by Crippen LogP contribution is -2.11. The first-order valence-corrected chi connectivity index (χ1v) is 8.02. The predicted molar refractivity (Wildman–Crippen MR) is 92.8 cm³/mol. The molecule has 122 valence electrons. The molecule has 1 amide bonds. The molecule has 0 radical (unpaired) electrons. The van der Waals surface area contributed by atoms with Crippen molar-refractivity contribution < 1.29 is 9.32 Å². The van der Waals surface area contributed by atoms with Gasteiger partial charge in [0.2, 0.25) is 17.6 Å². The molecule has 0 unspecified atom stereocenters. The van der Waals surface area contributed by atoms with E-state index in [2.05, 4.69) is 15.5 Å². The van der Waals surface area contributed by atoms with E-state index in [0.29, 0.717) is 36.0 Å². The van der Waals surface area contributed by atoms with Gasteiger partial charge in [-0.2, -0.15) is 4.98 Å². The molecule has 0 saturated heterocycles. The van der Waals surface area contributed by atoms with E-state index in [1.54, 1.807) is 6.07 Å². The maximum absolute atomic E-state index is 11.9. The summed E-state index contributed by atoms with van der Waals surface area (Å²) in [6.45, 7) is 0. The van der Waals surface area contributed by atoms with Gasteiger partial charge in [-0.25, -0.2) is 0 Å². The second-order valence-corrected chi connectivity index (χ2v) is 5.67. The number of benzene rings is 2. The Bertz CT molecular complexity index is 818. The topological polar surface area (TPSA) is 68.0 Å². The van der Waals surface area contributed by atoms with Gasteiger partial charge < -0.3 is 9.84 Å². The number of aryl methyl sites for hydroxylation is 1. The third-order valence-electron chi connectivity index (χ3n) is 3.43. The van der Waals surface area contributed by atoms with Crippen molar-refractivity contribution in [2.45, 2.75) is 19.3 Å². The molecule has 2 aromatic carbocycles. The van der Waals surface area contributed by atoms with Crippen molar-refractivity contribution in [2.24, 2.45) is 0 Å². The third-order valence-corrected chi connectivity index (χ3v) is 3.76. The lowest BCUT2D eigenvalue weighted by atomic mass is 10.2. The van der Waals surface area contributed by atoms with Gasteiger partial charge in [0.05, 0.1) is 5.02 Å². The fourth-order valence-electron chi connectivity index (χ4n) is 2.25. The molecule has 0 aliphatic heterocycles. The van der Waals surface area contributed by atoms with Gasteiger partial charge in [0.1, 0.15) is 0 Å². The van der Waals surface area contributed by atoms with Gasteiger partial charge in [-0.1, -0.05) is 47.1 Å². The SMILES string of the molecule is O=C(CCCc1nc(-c2ccccc2Cl)no1)Nc1ccccc1. The molecule has 3 aromatic rings. The maximum atomic E-state index is 11.9. The first-order chi connectivity index (χ1) is 11.7. The van der Waals surface area contributed by atoms with Crippen LogP contribution in [0, 0.1) is 0 Å². The van der Waals surface area contributed by atoms with Crippen LogP contribution in [0.4, 0.5) is 5.69 Å². The van der Waals surface area contributed by atoms with E-state index in [9.17, 15) is 4.79 Å². The number of rotatable bonds is 6. The zero-order valence-corrected chi connectivity index (χ0v) is 13.7. The minimum atomic E-state index is -0.0351. The van der Waals surface area contributed by atoms with Crippen LogP contribution in [0.15, 0.2) is 59.1 Å². The van der Waals surface area contributed by atoms with Gasteiger partial charge in [-0.05, 0) is 30.7 Å². The third kappa shape index (κ3) is 4.20. The first-order valence-electron chi connectivity index (χ1n) is 7.65. The molecule has 0 fully saturated rings. The highest BCUT2D eigenvalue weighted by Crippen LogP contribution is 2.25. The number of para-hydroxylation sites is 1. The minimum absolute atomic E-state index is 0.0351. The number of anilines is 1. The number of aromatic nitrogens is 2. The molecule has 0 spiro atoms. The van der Waals surface area contributed by atoms with Crippen molar-refractivity contribution in [3.63, 3.8) is 0 Å². The molecule has 1 heterocycles. The van der Waals surface area contributed by atoms with Crippen LogP contribution in [-0.2, 0) is 11.2 Å². The number of amides is 1. The summed E-state index contributed by atoms with van der Waals surface area (Å²) in [5.74, 6) is 0.925. The van der Waals surface area contributed by atoms with Crippen LogP contribution in [0.3, 0.4) is 0 Å². The Morgan fingerprint density at radius 1 is 1.08 bits per heavy atom. The van der Waals surface area contributed by atoms with Crippen LogP contribution in [0.5, 0.6) is 0 Å². The summed E-state index contributed by atoms with van der Waals surface area (Å²) in [7, 11) is 0. The highest BCUT2D eigenvalue weighted by molar-refractivity contribution is 6.33. The Morgan fingerprint density at radius 3 is 2.62 bits per heavy atom. The van der Waals surface area contributed by atoms with Crippen molar-refractivity contribution in [1.82, 2.24) is 10.1 Å². The van der Waals surface area contributed by atoms with Crippen molar-refractivity contribution >= 4 is 23.2 Å². The van der Waals surface area contributed by atoms with Crippen molar-refractivity contribution in [3.8, 4) is 11.4 Å². The van der Waals surface area contributed by atoms with E-state index < -0.39 is 0 Å². The molecular formula is C18H16ClN3O2. The molecule has 6 heteroatoms. The van der Waals surface area contributed by atoms with Gasteiger partial charge in [0.15, 0.2) is 0 Å². The Balaban J connectivity index is 1.51. The second kappa shape index (κ2) is 7.75. The highest BCUT2D eigenvalue weighted by atomic mass is 35.5. The summed E-state index contributed by atoms with van der Waals surface area (Å²) in [6, 6.07) is 16.7. The average Bonchev–Trinajstić information content (AvgIpc) is 3.05. The summed E-state index contributed by atoms with van der Waals surface area (Å²) in [5.41, 5.74) is 1.53. The first kappa shape index (κ1) is 16.2. The Kier molecular flexibility index (Phi) is 5.23. The average molecular weight is 342 g/mol. The van der Waals surface area contributed by atoms with E-state index in [1.807, 2.05) is 48.5 Å². The summed E-state index contributed by atoms with van der Waals surface area (Å²) >= 11 is 6.12. The lowest BCUT2D eigenvalue weighted by molar-refractivity contribution is -0.116. The number of carbonyl (C=O) groups is 1. The monoisotopic (exact) mass is 341 g/mol. The zero-order valence-electron chi connectivity index (χ0n) is 12.9. The molecule has 1 N–H and O–H groups in total. The van der Waals surface area contributed by atoms with E-state index in [0.717, 1.165) is 11.3 Å². The molecule has 0 saturated carbocycles. The molecule has 5 nitrogen and oxygen atoms in total. The van der Waals surface area contributed by atoms with E-state index in [1.165, 1.54) is 0 Å². The number of nitrogens with zero attached hydrogens (tertiary/aromatic N) is 2. The fraction of sp³-hybridized carbons (Fsp3) is 0.167. The van der Waals surface area contributed by atoms with Gasteiger partial charge in [0.25, 0.3) is 0 Å². The molecule has 0 bridgehead atoms. The molecule has 24 heavy (non-hydrogen) atoms. The highest BCUT2D eigenvalue weighted by Gasteiger charge is 2.11. The van der Waals surface area contributed by atoms with Gasteiger partial charge in [-0.3, -0.25) is 4.79 Å². The van der Waals surface area contributed by atoms with Crippen molar-refractivity contribution in [3.05, 3.63) is 65.5 Å². The summed E-state index contributed by atoms with van der Waals surface area (Å²) in [5, 5.41) is 7.36. The number of hydrogen-bond donors (Lipinski definition) is 1. The molecule has 0 aliphatic carbocycles. The van der Waals surface area contributed by atoms with Crippen LogP contribution in [0.1, 0.15) is 18.7 Å². The molecule has 3 rings (SSSR count). The zero-order chi connectivity index (χ0) is 16.8. The molecule has 1 aromatic heterocycles. The quantitative estimate of drug-likeness (QED) is 0.723. The Labute approximate surface area is 144 Å². The predicted octanol–water partition coefficient (Wildman–Crippen LogP) is 4.35. The van der Waals surface area contributed by atoms with E-state index in [-0.39, 0.29) is 5.91 Å². The van der Waals surface area contributed by atoms with Crippen molar-refractivity contribution in [2.75, 3.05) is 5.32 Å². The second-order valence-electron chi connectivity index (χ2n) is 5.26. The van der Waals surface area contributed by atoms with Crippen LogP contribution >= 0.6 is 11.6 Å². The van der Waals surface area contributed by atoms with Crippen molar-refractivity contribution in [1.29, 1.82) is 0 Å². The minimum Gasteiger partial charge on any atom is -0.339 e. The summed E-state index contributed by atoms with van der Waals surface area (Å²) in [6.07, 6.45) is 1.56. The van der Waals surface area contributed by atoms with E-state index >= 15 is 0 Å². The van der Waals surface area contributed by atoms with Gasteiger partial charge in [0, 0.05) is 24.1 Å². The van der Waals surface area contributed by atoms with Gasteiger partial charge in [-0.15, -0.1) is 0 Å². The lowest BCUT2D eigenvalue weighted by Gasteiger charge is -2.03. The number of halogens is 1. The van der Waals surface area contributed by atoms with E-state index in [4.69, 9.17) is 16.1 Å². The number of carbonyl (C=O) groups excluding carboxylic acids is 1. The smallest absolute Gasteiger partial charge is 0.226 e. The fourth-order valence-corrected chi connectivity index (χ4v) is 2.47. The summed E-state index contributed by atoms with van der Waals surface area (Å²) < 4.78 is 5.22. The van der Waals surface area contributed by atoms with Crippen LogP contribution in [0.25, 0.3) is 11.4 Å². The molecule has 0 atom stereocenters. The van der Waals surface area contributed by atoms with Crippen LogP contribution in [0.2, 0.25) is 5.02 Å². The maximum Gasteiger partial charge on any atom is 0.226 e. The molecule has 0 aliphatic rings. The van der Waals surface area contributed by atoms with Gasteiger partial charge >= 0.3 is 0 Å².